The third-order valence-corrected chi connectivity index (χ3v) is 6.75. The highest BCUT2D eigenvalue weighted by atomic mass is 15.1. The van der Waals surface area contributed by atoms with E-state index in [0.717, 1.165) is 6.42 Å². The van der Waals surface area contributed by atoms with E-state index >= 15 is 0 Å². The second-order valence-corrected chi connectivity index (χ2v) is 8.85. The zero-order valence-electron chi connectivity index (χ0n) is 19.0. The Morgan fingerprint density at radius 1 is 0.576 bits per heavy atom. The maximum atomic E-state index is 2.46. The molecule has 6 aromatic carbocycles. The van der Waals surface area contributed by atoms with Gasteiger partial charge >= 0.3 is 0 Å². The predicted octanol–water partition coefficient (Wildman–Crippen LogP) is 9.40. The standard InChI is InChI=1S/C32H27N/c1-2-3-11-26-22-25-19-18-23-12-10-13-24-20-21-29(31(25)30(23)24)32(26)33(27-14-6-4-7-15-27)28-16-8-5-9-17-28/h4-10,12-22H,2-3,11H2,1H3. The van der Waals surface area contributed by atoms with Gasteiger partial charge in [-0.25, -0.2) is 0 Å². The van der Waals surface area contributed by atoms with Crippen LogP contribution in [0.2, 0.25) is 0 Å². The summed E-state index contributed by atoms with van der Waals surface area (Å²) in [5.74, 6) is 0. The Labute approximate surface area is 195 Å². The van der Waals surface area contributed by atoms with Crippen molar-refractivity contribution in [3.05, 3.63) is 115 Å². The molecule has 0 aliphatic carbocycles. The van der Waals surface area contributed by atoms with Gasteiger partial charge in [0.25, 0.3) is 0 Å². The Morgan fingerprint density at radius 3 is 1.82 bits per heavy atom. The molecule has 33 heavy (non-hydrogen) atoms. The fraction of sp³-hybridized carbons (Fsp3) is 0.125. The van der Waals surface area contributed by atoms with Crippen molar-refractivity contribution >= 4 is 49.4 Å². The molecule has 6 rings (SSSR count). The van der Waals surface area contributed by atoms with Gasteiger partial charge in [0.15, 0.2) is 0 Å². The molecule has 0 radical (unpaired) electrons. The Morgan fingerprint density at radius 2 is 1.18 bits per heavy atom. The molecule has 0 bridgehead atoms. The van der Waals surface area contributed by atoms with Crippen molar-refractivity contribution in [1.82, 2.24) is 0 Å². The second kappa shape index (κ2) is 8.26. The monoisotopic (exact) mass is 425 g/mol. The van der Waals surface area contributed by atoms with E-state index in [9.17, 15) is 0 Å². The fourth-order valence-electron chi connectivity index (χ4n) is 5.24. The highest BCUT2D eigenvalue weighted by molar-refractivity contribution is 6.26. The first-order valence-electron chi connectivity index (χ1n) is 11.9. The van der Waals surface area contributed by atoms with Gasteiger partial charge in [-0.05, 0) is 75.7 Å². The molecule has 1 nitrogen and oxygen atoms in total. The summed E-state index contributed by atoms with van der Waals surface area (Å²) < 4.78 is 0. The number of benzene rings is 6. The minimum Gasteiger partial charge on any atom is -0.310 e. The smallest absolute Gasteiger partial charge is 0.0572 e. The molecule has 1 heteroatoms. The third-order valence-electron chi connectivity index (χ3n) is 6.75. The summed E-state index contributed by atoms with van der Waals surface area (Å²) in [6, 6.07) is 39.9. The lowest BCUT2D eigenvalue weighted by Gasteiger charge is -2.30. The lowest BCUT2D eigenvalue weighted by Crippen LogP contribution is -2.13. The first-order chi connectivity index (χ1) is 16.3. The van der Waals surface area contributed by atoms with Crippen LogP contribution in [-0.2, 0) is 6.42 Å². The fourth-order valence-corrected chi connectivity index (χ4v) is 5.24. The SMILES string of the molecule is CCCCc1cc2ccc3cccc4ccc(c1N(c1ccccc1)c1ccccc1)c2c34. The lowest BCUT2D eigenvalue weighted by atomic mass is 9.89. The van der Waals surface area contributed by atoms with Crippen LogP contribution in [0.25, 0.3) is 32.3 Å². The molecule has 0 atom stereocenters. The molecule has 0 spiro atoms. The average molecular weight is 426 g/mol. The van der Waals surface area contributed by atoms with Crippen molar-refractivity contribution in [3.8, 4) is 0 Å². The Kier molecular flexibility index (Phi) is 4.96. The minimum atomic E-state index is 1.07. The van der Waals surface area contributed by atoms with Crippen molar-refractivity contribution < 1.29 is 0 Å². The summed E-state index contributed by atoms with van der Waals surface area (Å²) in [6.45, 7) is 2.27. The number of nitrogens with zero attached hydrogens (tertiary/aromatic N) is 1. The highest BCUT2D eigenvalue weighted by Crippen LogP contribution is 2.46. The van der Waals surface area contributed by atoms with Gasteiger partial charge in [-0.2, -0.15) is 0 Å². The maximum absolute atomic E-state index is 2.46. The van der Waals surface area contributed by atoms with Gasteiger partial charge < -0.3 is 4.90 Å². The normalized spacial score (nSPS) is 11.5. The molecule has 0 fully saturated rings. The van der Waals surface area contributed by atoms with Gasteiger partial charge in [-0.1, -0.05) is 92.2 Å². The van der Waals surface area contributed by atoms with E-state index in [1.54, 1.807) is 0 Å². The summed E-state index contributed by atoms with van der Waals surface area (Å²) in [4.78, 5) is 2.46. The van der Waals surface area contributed by atoms with Gasteiger partial charge in [0.2, 0.25) is 0 Å². The van der Waals surface area contributed by atoms with Gasteiger partial charge in [0.1, 0.15) is 0 Å². The molecular weight excluding hydrogens is 398 g/mol. The maximum Gasteiger partial charge on any atom is 0.0572 e. The van der Waals surface area contributed by atoms with E-state index in [1.807, 2.05) is 0 Å². The van der Waals surface area contributed by atoms with Crippen LogP contribution in [0.5, 0.6) is 0 Å². The Balaban J connectivity index is 1.75. The third kappa shape index (κ3) is 3.32. The number of rotatable bonds is 6. The largest absolute Gasteiger partial charge is 0.310 e. The van der Waals surface area contributed by atoms with Crippen LogP contribution in [0.4, 0.5) is 17.1 Å². The topological polar surface area (TPSA) is 3.24 Å². The molecule has 0 unspecified atom stereocenters. The molecule has 0 saturated carbocycles. The van der Waals surface area contributed by atoms with Crippen LogP contribution in [-0.4, -0.2) is 0 Å². The molecule has 0 aliphatic rings. The van der Waals surface area contributed by atoms with Crippen LogP contribution >= 0.6 is 0 Å². The number of hydrogen-bond donors (Lipinski definition) is 0. The predicted molar refractivity (Wildman–Crippen MR) is 143 cm³/mol. The number of hydrogen-bond acceptors (Lipinski definition) is 1. The zero-order chi connectivity index (χ0) is 22.2. The summed E-state index contributed by atoms with van der Waals surface area (Å²) in [7, 11) is 0. The van der Waals surface area contributed by atoms with E-state index in [2.05, 4.69) is 121 Å². The first kappa shape index (κ1) is 19.8. The number of unbranched alkanes of at least 4 members (excludes halogenated alkanes) is 1. The van der Waals surface area contributed by atoms with Crippen LogP contribution in [0.15, 0.2) is 109 Å². The average Bonchev–Trinajstić information content (AvgIpc) is 2.88. The van der Waals surface area contributed by atoms with Crippen LogP contribution in [0, 0.1) is 0 Å². The molecular formula is C32H27N. The van der Waals surface area contributed by atoms with Crippen molar-refractivity contribution in [3.63, 3.8) is 0 Å². The van der Waals surface area contributed by atoms with Crippen molar-refractivity contribution in [1.29, 1.82) is 0 Å². The minimum absolute atomic E-state index is 1.07. The molecule has 160 valence electrons. The van der Waals surface area contributed by atoms with Crippen molar-refractivity contribution in [2.24, 2.45) is 0 Å². The molecule has 0 aromatic heterocycles. The number of para-hydroxylation sites is 2. The molecule has 0 amide bonds. The van der Waals surface area contributed by atoms with E-state index < -0.39 is 0 Å². The van der Waals surface area contributed by atoms with Crippen LogP contribution in [0.1, 0.15) is 25.3 Å². The van der Waals surface area contributed by atoms with Gasteiger partial charge in [-0.15, -0.1) is 0 Å². The summed E-state index contributed by atoms with van der Waals surface area (Å²) >= 11 is 0. The summed E-state index contributed by atoms with van der Waals surface area (Å²) in [5, 5.41) is 8.03. The molecule has 0 aliphatic heterocycles. The van der Waals surface area contributed by atoms with Gasteiger partial charge in [-0.3, -0.25) is 0 Å². The van der Waals surface area contributed by atoms with Gasteiger partial charge in [0.05, 0.1) is 5.69 Å². The van der Waals surface area contributed by atoms with E-state index in [0.29, 0.717) is 0 Å². The second-order valence-electron chi connectivity index (χ2n) is 8.85. The highest BCUT2D eigenvalue weighted by Gasteiger charge is 2.21. The van der Waals surface area contributed by atoms with Crippen LogP contribution in [0.3, 0.4) is 0 Å². The summed E-state index contributed by atoms with van der Waals surface area (Å²) in [6.07, 6.45) is 3.43. The number of anilines is 3. The lowest BCUT2D eigenvalue weighted by molar-refractivity contribution is 0.796. The van der Waals surface area contributed by atoms with E-state index in [1.165, 1.54) is 67.8 Å². The van der Waals surface area contributed by atoms with E-state index in [4.69, 9.17) is 0 Å². The quantitative estimate of drug-likeness (QED) is 0.240. The number of aryl methyl sites for hydroxylation is 1. The van der Waals surface area contributed by atoms with Crippen molar-refractivity contribution in [2.45, 2.75) is 26.2 Å². The first-order valence-corrected chi connectivity index (χ1v) is 11.9. The Hall–Kier alpha value is -3.84. The zero-order valence-corrected chi connectivity index (χ0v) is 19.0. The molecule has 0 heterocycles. The summed E-state index contributed by atoms with van der Waals surface area (Å²) in [5.41, 5.74) is 5.11. The Bertz CT molecular complexity index is 1480. The van der Waals surface area contributed by atoms with Crippen molar-refractivity contribution in [2.75, 3.05) is 4.90 Å². The molecule has 0 N–H and O–H groups in total. The van der Waals surface area contributed by atoms with Crippen LogP contribution < -0.4 is 4.90 Å². The van der Waals surface area contributed by atoms with Gasteiger partial charge in [0, 0.05) is 16.8 Å². The molecule has 6 aromatic rings. The van der Waals surface area contributed by atoms with E-state index in [-0.39, 0.29) is 0 Å². The molecule has 0 saturated heterocycles.